The minimum absolute atomic E-state index is 0.200. The lowest BCUT2D eigenvalue weighted by molar-refractivity contribution is -0.137. The number of aryl methyl sites for hydroxylation is 1. The maximum Gasteiger partial charge on any atom is 0.303 e. The molecule has 3 rings (SSSR count). The van der Waals surface area contributed by atoms with E-state index in [1.807, 2.05) is 60.7 Å². The van der Waals surface area contributed by atoms with Gasteiger partial charge in [-0.25, -0.2) is 4.98 Å². The number of carbonyl (C=O) groups is 1. The Morgan fingerprint density at radius 2 is 1.79 bits per heavy atom. The highest BCUT2D eigenvalue weighted by Gasteiger charge is 2.02. The van der Waals surface area contributed by atoms with E-state index in [1.54, 1.807) is 0 Å². The van der Waals surface area contributed by atoms with E-state index in [0.29, 0.717) is 13.0 Å². The van der Waals surface area contributed by atoms with Crippen molar-refractivity contribution in [2.24, 2.45) is 0 Å². The van der Waals surface area contributed by atoms with Crippen LogP contribution in [0.3, 0.4) is 0 Å². The van der Waals surface area contributed by atoms with Crippen molar-refractivity contribution in [1.29, 1.82) is 0 Å². The molecule has 1 aromatic heterocycles. The summed E-state index contributed by atoms with van der Waals surface area (Å²) in [6.45, 7) is 0.420. The molecule has 0 saturated heterocycles. The quantitative estimate of drug-likeness (QED) is 0.708. The number of rotatable bonds is 7. The minimum atomic E-state index is -0.752. The Balaban J connectivity index is 1.56. The van der Waals surface area contributed by atoms with E-state index in [2.05, 4.69) is 4.98 Å². The monoisotopic (exact) mass is 321 g/mol. The topological polar surface area (TPSA) is 59.4 Å². The van der Waals surface area contributed by atoms with Crippen LogP contribution in [0.15, 0.2) is 60.7 Å². The zero-order chi connectivity index (χ0) is 16.8. The van der Waals surface area contributed by atoms with Crippen LogP contribution in [0.2, 0.25) is 0 Å². The molecule has 122 valence electrons. The van der Waals surface area contributed by atoms with Gasteiger partial charge in [0.25, 0.3) is 0 Å². The number of hydrogen-bond donors (Lipinski definition) is 1. The molecule has 0 aliphatic rings. The molecule has 1 N–H and O–H groups in total. The number of pyridine rings is 1. The number of hydrogen-bond acceptors (Lipinski definition) is 3. The maximum atomic E-state index is 10.5. The fraction of sp³-hybridized carbons (Fsp3) is 0.200. The van der Waals surface area contributed by atoms with E-state index in [1.165, 1.54) is 0 Å². The van der Waals surface area contributed by atoms with Crippen molar-refractivity contribution in [3.63, 3.8) is 0 Å². The van der Waals surface area contributed by atoms with Gasteiger partial charge in [0.1, 0.15) is 12.4 Å². The Morgan fingerprint density at radius 1 is 1.00 bits per heavy atom. The average Bonchev–Trinajstić information content (AvgIpc) is 2.60. The number of carboxylic acids is 1. The second-order valence-corrected chi connectivity index (χ2v) is 5.68. The van der Waals surface area contributed by atoms with Gasteiger partial charge in [0.2, 0.25) is 0 Å². The predicted octanol–water partition coefficient (Wildman–Crippen LogP) is 4.22. The summed E-state index contributed by atoms with van der Waals surface area (Å²) in [5.74, 6) is 0.0322. The van der Waals surface area contributed by atoms with Crippen molar-refractivity contribution in [3.8, 4) is 5.75 Å². The summed E-state index contributed by atoms with van der Waals surface area (Å²) >= 11 is 0. The van der Waals surface area contributed by atoms with Gasteiger partial charge >= 0.3 is 5.97 Å². The van der Waals surface area contributed by atoms with E-state index >= 15 is 0 Å². The highest BCUT2D eigenvalue weighted by molar-refractivity contribution is 5.78. The molecular weight excluding hydrogens is 302 g/mol. The van der Waals surface area contributed by atoms with Gasteiger partial charge in [-0.15, -0.1) is 0 Å². The largest absolute Gasteiger partial charge is 0.487 e. The summed E-state index contributed by atoms with van der Waals surface area (Å²) in [5, 5.41) is 9.77. The molecule has 0 spiro atoms. The molecule has 0 bridgehead atoms. The molecule has 4 nitrogen and oxygen atoms in total. The Bertz CT molecular complexity index is 828. The molecule has 0 amide bonds. The summed E-state index contributed by atoms with van der Waals surface area (Å²) in [7, 11) is 0. The molecule has 4 heteroatoms. The molecule has 0 aliphatic heterocycles. The van der Waals surface area contributed by atoms with Crippen molar-refractivity contribution in [2.45, 2.75) is 25.9 Å². The molecule has 0 radical (unpaired) electrons. The first-order valence-electron chi connectivity index (χ1n) is 7.99. The second kappa shape index (κ2) is 7.59. The summed E-state index contributed by atoms with van der Waals surface area (Å²) < 4.78 is 5.78. The Kier molecular flexibility index (Phi) is 5.06. The SMILES string of the molecule is O=C(O)CCCc1ccc(OCc2ccc3ccccc3n2)cc1. The minimum Gasteiger partial charge on any atom is -0.487 e. The molecule has 0 saturated carbocycles. The molecule has 2 aromatic carbocycles. The number of aliphatic carboxylic acids is 1. The first-order chi connectivity index (χ1) is 11.7. The van der Waals surface area contributed by atoms with E-state index in [9.17, 15) is 4.79 Å². The van der Waals surface area contributed by atoms with Crippen molar-refractivity contribution >= 4 is 16.9 Å². The summed E-state index contributed by atoms with van der Waals surface area (Å²) in [6, 6.07) is 19.8. The smallest absolute Gasteiger partial charge is 0.303 e. The number of nitrogens with zero attached hydrogens (tertiary/aromatic N) is 1. The number of fused-ring (bicyclic) bond motifs is 1. The lowest BCUT2D eigenvalue weighted by atomic mass is 10.1. The van der Waals surface area contributed by atoms with Gasteiger partial charge in [-0.2, -0.15) is 0 Å². The van der Waals surface area contributed by atoms with Crippen LogP contribution in [0.1, 0.15) is 24.1 Å². The Hall–Kier alpha value is -2.88. The van der Waals surface area contributed by atoms with Crippen LogP contribution >= 0.6 is 0 Å². The molecule has 0 atom stereocenters. The van der Waals surface area contributed by atoms with E-state index in [-0.39, 0.29) is 6.42 Å². The lowest BCUT2D eigenvalue weighted by Gasteiger charge is -2.08. The number of para-hydroxylation sites is 1. The van der Waals surface area contributed by atoms with Crippen molar-refractivity contribution in [2.75, 3.05) is 0 Å². The van der Waals surface area contributed by atoms with Gasteiger partial charge in [0.15, 0.2) is 0 Å². The van der Waals surface area contributed by atoms with Crippen LogP contribution < -0.4 is 4.74 Å². The standard InChI is InChI=1S/C20H19NO3/c22-20(23)7-3-4-15-8-12-18(13-9-15)24-14-17-11-10-16-5-1-2-6-19(16)21-17/h1-2,5-6,8-13H,3-4,7,14H2,(H,22,23). The zero-order valence-corrected chi connectivity index (χ0v) is 13.3. The third-order valence-corrected chi connectivity index (χ3v) is 3.82. The van der Waals surface area contributed by atoms with Gasteiger partial charge in [0.05, 0.1) is 11.2 Å². The van der Waals surface area contributed by atoms with E-state index in [4.69, 9.17) is 9.84 Å². The van der Waals surface area contributed by atoms with Gasteiger partial charge in [-0.1, -0.05) is 36.4 Å². The van der Waals surface area contributed by atoms with Gasteiger partial charge < -0.3 is 9.84 Å². The highest BCUT2D eigenvalue weighted by atomic mass is 16.5. The van der Waals surface area contributed by atoms with Crippen molar-refractivity contribution < 1.29 is 14.6 Å². The van der Waals surface area contributed by atoms with Crippen LogP contribution in [0, 0.1) is 0 Å². The second-order valence-electron chi connectivity index (χ2n) is 5.68. The third-order valence-electron chi connectivity index (χ3n) is 3.82. The van der Waals surface area contributed by atoms with Gasteiger partial charge in [0, 0.05) is 11.8 Å². The summed E-state index contributed by atoms with van der Waals surface area (Å²) in [4.78, 5) is 15.1. The summed E-state index contributed by atoms with van der Waals surface area (Å²) in [6.07, 6.45) is 1.61. The van der Waals surface area contributed by atoms with Crippen LogP contribution in [0.5, 0.6) is 5.75 Å². The van der Waals surface area contributed by atoms with Gasteiger partial charge in [-0.3, -0.25) is 4.79 Å². The normalized spacial score (nSPS) is 10.7. The molecule has 0 fully saturated rings. The molecule has 3 aromatic rings. The molecule has 0 unspecified atom stereocenters. The van der Waals surface area contributed by atoms with Crippen LogP contribution in [-0.2, 0) is 17.8 Å². The van der Waals surface area contributed by atoms with Crippen LogP contribution in [0.25, 0.3) is 10.9 Å². The Morgan fingerprint density at radius 3 is 2.58 bits per heavy atom. The predicted molar refractivity (Wildman–Crippen MR) is 93.1 cm³/mol. The fourth-order valence-electron chi connectivity index (χ4n) is 2.54. The van der Waals surface area contributed by atoms with Crippen LogP contribution in [0.4, 0.5) is 0 Å². The van der Waals surface area contributed by atoms with Crippen molar-refractivity contribution in [1.82, 2.24) is 4.98 Å². The van der Waals surface area contributed by atoms with E-state index < -0.39 is 5.97 Å². The van der Waals surface area contributed by atoms with Gasteiger partial charge in [-0.05, 0) is 42.7 Å². The van der Waals surface area contributed by atoms with Crippen LogP contribution in [-0.4, -0.2) is 16.1 Å². The first kappa shape index (κ1) is 16.0. The number of aromatic nitrogens is 1. The third kappa shape index (κ3) is 4.32. The number of carboxylic acid groups (broad SMARTS) is 1. The molecule has 1 heterocycles. The highest BCUT2D eigenvalue weighted by Crippen LogP contribution is 2.17. The zero-order valence-electron chi connectivity index (χ0n) is 13.3. The molecular formula is C20H19NO3. The molecule has 0 aliphatic carbocycles. The molecule has 24 heavy (non-hydrogen) atoms. The number of ether oxygens (including phenoxy) is 1. The summed E-state index contributed by atoms with van der Waals surface area (Å²) in [5.41, 5.74) is 2.97. The maximum absolute atomic E-state index is 10.5. The van der Waals surface area contributed by atoms with E-state index in [0.717, 1.165) is 34.3 Å². The first-order valence-corrected chi connectivity index (χ1v) is 7.99. The lowest BCUT2D eigenvalue weighted by Crippen LogP contribution is -1.99. The Labute approximate surface area is 140 Å². The average molecular weight is 321 g/mol. The van der Waals surface area contributed by atoms with Crippen molar-refractivity contribution in [3.05, 3.63) is 71.9 Å². The number of benzene rings is 2. The fourth-order valence-corrected chi connectivity index (χ4v) is 2.54.